The number of piperidine rings is 1. The van der Waals surface area contributed by atoms with E-state index in [-0.39, 0.29) is 29.3 Å². The van der Waals surface area contributed by atoms with Crippen LogP contribution >= 0.6 is 15.9 Å². The first kappa shape index (κ1) is 29.1. The number of sulfonamides is 1. The molecule has 0 N–H and O–H groups in total. The number of likely N-dealkylation sites (tertiary alicyclic amines) is 1. The number of benzene rings is 2. The lowest BCUT2D eigenvalue weighted by atomic mass is 10.0. The highest BCUT2D eigenvalue weighted by molar-refractivity contribution is 9.10. The lowest BCUT2D eigenvalue weighted by Gasteiger charge is -2.33. The van der Waals surface area contributed by atoms with E-state index in [1.807, 2.05) is 46.9 Å². The third-order valence-corrected chi connectivity index (χ3v) is 10.9. The van der Waals surface area contributed by atoms with E-state index in [0.717, 1.165) is 46.7 Å². The molecule has 9 nitrogen and oxygen atoms in total. The van der Waals surface area contributed by atoms with E-state index in [2.05, 4.69) is 22.9 Å². The number of amides is 2. The van der Waals surface area contributed by atoms with Crippen molar-refractivity contribution in [2.75, 3.05) is 44.3 Å². The number of rotatable bonds is 6. The van der Waals surface area contributed by atoms with Crippen molar-refractivity contribution < 1.29 is 22.7 Å². The Kier molecular flexibility index (Phi) is 8.03. The van der Waals surface area contributed by atoms with E-state index in [0.29, 0.717) is 49.7 Å². The van der Waals surface area contributed by atoms with Gasteiger partial charge in [0.15, 0.2) is 0 Å². The fourth-order valence-electron chi connectivity index (χ4n) is 6.29. The normalized spacial score (nSPS) is 21.0. The Hall–Kier alpha value is -2.99. The quantitative estimate of drug-likeness (QED) is 0.358. The van der Waals surface area contributed by atoms with Crippen LogP contribution in [0.4, 0.5) is 5.69 Å². The van der Waals surface area contributed by atoms with Crippen LogP contribution < -0.4 is 4.90 Å². The summed E-state index contributed by atoms with van der Waals surface area (Å²) >= 11 is 3.58. The smallest absolute Gasteiger partial charge is 0.258 e. The van der Waals surface area contributed by atoms with Crippen molar-refractivity contribution in [3.8, 4) is 0 Å². The van der Waals surface area contributed by atoms with Crippen LogP contribution in [-0.2, 0) is 30.9 Å². The second kappa shape index (κ2) is 11.6. The molecule has 2 aromatic carbocycles. The molecule has 11 heteroatoms. The molecule has 0 spiro atoms. The predicted octanol–water partition coefficient (Wildman–Crippen LogP) is 4.73. The molecule has 222 valence electrons. The van der Waals surface area contributed by atoms with E-state index in [1.54, 1.807) is 23.1 Å². The monoisotopic (exact) mass is 654 g/mol. The van der Waals surface area contributed by atoms with Crippen molar-refractivity contribution >= 4 is 66.0 Å². The number of hydrogen-bond donors (Lipinski definition) is 0. The van der Waals surface area contributed by atoms with Gasteiger partial charge in [0, 0.05) is 70.5 Å². The largest absolute Gasteiger partial charge is 0.379 e. The van der Waals surface area contributed by atoms with Crippen molar-refractivity contribution in [2.24, 2.45) is 0 Å². The van der Waals surface area contributed by atoms with E-state index < -0.39 is 10.0 Å². The molecule has 1 aromatic heterocycles. The minimum absolute atomic E-state index is 0.0821. The fourth-order valence-corrected chi connectivity index (χ4v) is 8.09. The molecule has 4 heterocycles. The van der Waals surface area contributed by atoms with Gasteiger partial charge in [-0.2, -0.15) is 4.31 Å². The van der Waals surface area contributed by atoms with Crippen molar-refractivity contribution in [2.45, 2.75) is 50.6 Å². The maximum Gasteiger partial charge on any atom is 0.258 e. The lowest BCUT2D eigenvalue weighted by molar-refractivity contribution is -0.135. The summed E-state index contributed by atoms with van der Waals surface area (Å²) in [6, 6.07) is 11.1. The molecule has 0 aliphatic carbocycles. The maximum absolute atomic E-state index is 13.7. The molecule has 1 unspecified atom stereocenters. The number of carbonyl (C=O) groups excluding carboxylic acids is 2. The van der Waals surface area contributed by atoms with Crippen LogP contribution in [0.1, 0.15) is 44.2 Å². The van der Waals surface area contributed by atoms with Gasteiger partial charge in [0.05, 0.1) is 23.8 Å². The molecule has 2 saturated heterocycles. The van der Waals surface area contributed by atoms with Gasteiger partial charge in [-0.1, -0.05) is 15.9 Å². The van der Waals surface area contributed by atoms with Crippen LogP contribution in [0.25, 0.3) is 22.6 Å². The molecule has 6 rings (SSSR count). The minimum atomic E-state index is -3.74. The Balaban J connectivity index is 1.42. The Morgan fingerprint density at radius 3 is 2.62 bits per heavy atom. The second-order valence-corrected chi connectivity index (χ2v) is 14.0. The molecule has 0 radical (unpaired) electrons. The van der Waals surface area contributed by atoms with Crippen molar-refractivity contribution in [3.63, 3.8) is 0 Å². The number of aromatic nitrogens is 1. The van der Waals surface area contributed by atoms with E-state index >= 15 is 0 Å². The highest BCUT2D eigenvalue weighted by Crippen LogP contribution is 2.40. The zero-order valence-electron chi connectivity index (χ0n) is 23.9. The summed E-state index contributed by atoms with van der Waals surface area (Å²) in [5.41, 5.74) is 3.39. The van der Waals surface area contributed by atoms with Crippen LogP contribution in [0.15, 0.2) is 52.0 Å². The first-order valence-corrected chi connectivity index (χ1v) is 16.8. The van der Waals surface area contributed by atoms with Crippen LogP contribution in [0, 0.1) is 0 Å². The lowest BCUT2D eigenvalue weighted by Crippen LogP contribution is -2.43. The van der Waals surface area contributed by atoms with Gasteiger partial charge in [-0.3, -0.25) is 9.59 Å². The Bertz CT molecular complexity index is 1690. The van der Waals surface area contributed by atoms with Gasteiger partial charge in [0.2, 0.25) is 15.9 Å². The van der Waals surface area contributed by atoms with Crippen molar-refractivity contribution in [3.05, 3.63) is 58.2 Å². The van der Waals surface area contributed by atoms with Gasteiger partial charge in [0.1, 0.15) is 6.54 Å². The predicted molar refractivity (Wildman–Crippen MR) is 167 cm³/mol. The number of morpholine rings is 1. The summed E-state index contributed by atoms with van der Waals surface area (Å²) in [7, 11) is -3.74. The van der Waals surface area contributed by atoms with Gasteiger partial charge < -0.3 is 19.1 Å². The SMILES string of the molecule is CCN1C(=O)C(=Cc2cn(CC(=O)N3CCCCC3C)c3ccc(Br)cc23)c2cc(S(=O)(=O)N3CCOCC3)ccc21. The number of nitrogens with zero attached hydrogens (tertiary/aromatic N) is 4. The van der Waals surface area contributed by atoms with E-state index in [9.17, 15) is 18.0 Å². The molecule has 3 aliphatic rings. The van der Waals surface area contributed by atoms with Crippen LogP contribution in [0.5, 0.6) is 0 Å². The van der Waals surface area contributed by atoms with Crippen LogP contribution in [-0.4, -0.2) is 79.4 Å². The van der Waals surface area contributed by atoms with E-state index in [4.69, 9.17) is 4.74 Å². The molecular weight excluding hydrogens is 620 g/mol. The first-order valence-electron chi connectivity index (χ1n) is 14.5. The van der Waals surface area contributed by atoms with E-state index in [1.165, 1.54) is 4.31 Å². The van der Waals surface area contributed by atoms with Gasteiger partial charge >= 0.3 is 0 Å². The van der Waals surface area contributed by atoms with Crippen molar-refractivity contribution in [1.82, 2.24) is 13.8 Å². The summed E-state index contributed by atoms with van der Waals surface area (Å²) in [5.74, 6) is -0.0961. The average molecular weight is 656 g/mol. The molecule has 42 heavy (non-hydrogen) atoms. The fraction of sp³-hybridized carbons (Fsp3) is 0.419. The Morgan fingerprint density at radius 1 is 1.10 bits per heavy atom. The second-order valence-electron chi connectivity index (χ2n) is 11.1. The number of halogens is 1. The molecule has 1 atom stereocenters. The van der Waals surface area contributed by atoms with Gasteiger partial charge in [0.25, 0.3) is 5.91 Å². The van der Waals surface area contributed by atoms with Gasteiger partial charge in [-0.15, -0.1) is 0 Å². The van der Waals surface area contributed by atoms with Crippen molar-refractivity contribution in [1.29, 1.82) is 0 Å². The summed E-state index contributed by atoms with van der Waals surface area (Å²) < 4.78 is 36.5. The molecule has 3 aromatic rings. The molecular formula is C31H35BrN4O5S. The Morgan fingerprint density at radius 2 is 1.88 bits per heavy atom. The number of likely N-dealkylation sites (N-methyl/N-ethyl adjacent to an activating group) is 1. The third kappa shape index (κ3) is 5.21. The standard InChI is InChI=1S/C31H35BrN4O5S/c1-3-35-29-10-8-24(42(39,40)34-12-14-41-15-13-34)18-26(29)27(31(35)38)16-22-19-33(28-9-7-23(32)17-25(22)28)20-30(37)36-11-5-4-6-21(36)2/h7-10,16-19,21H,3-6,11-15,20H2,1-2H3. The average Bonchev–Trinajstić information content (AvgIpc) is 3.46. The maximum atomic E-state index is 13.7. The Labute approximate surface area is 254 Å². The van der Waals surface area contributed by atoms with Gasteiger partial charge in [-0.05, 0) is 75.6 Å². The number of hydrogen-bond acceptors (Lipinski definition) is 5. The number of carbonyl (C=O) groups is 2. The number of ether oxygens (including phenoxy) is 1. The summed E-state index contributed by atoms with van der Waals surface area (Å²) in [6.07, 6.45) is 6.93. The molecule has 2 amide bonds. The van der Waals surface area contributed by atoms with Crippen LogP contribution in [0.2, 0.25) is 0 Å². The topological polar surface area (TPSA) is 92.2 Å². The molecule has 0 saturated carbocycles. The zero-order valence-corrected chi connectivity index (χ0v) is 26.3. The minimum Gasteiger partial charge on any atom is -0.379 e. The summed E-state index contributed by atoms with van der Waals surface area (Å²) in [5, 5.41) is 0.901. The molecule has 2 fully saturated rings. The van der Waals surface area contributed by atoms with Gasteiger partial charge in [-0.25, -0.2) is 8.42 Å². The zero-order chi connectivity index (χ0) is 29.6. The summed E-state index contributed by atoms with van der Waals surface area (Å²) in [6.45, 7) is 6.75. The number of anilines is 1. The molecule has 3 aliphatic heterocycles. The van der Waals surface area contributed by atoms with Crippen LogP contribution in [0.3, 0.4) is 0 Å². The summed E-state index contributed by atoms with van der Waals surface area (Å²) in [4.78, 5) is 30.8. The first-order chi connectivity index (χ1) is 20.2. The molecule has 0 bridgehead atoms. The highest BCUT2D eigenvalue weighted by Gasteiger charge is 2.35. The number of fused-ring (bicyclic) bond motifs is 2. The third-order valence-electron chi connectivity index (χ3n) is 8.55. The highest BCUT2D eigenvalue weighted by atomic mass is 79.9.